The Hall–Kier alpha value is -2.43. The SMILES string of the molecule is CNc1ncc(C(=N)c2ccccc2)c(NCC2CCCCC2)n1. The van der Waals surface area contributed by atoms with Crippen LogP contribution in [-0.2, 0) is 0 Å². The molecule has 0 aliphatic heterocycles. The number of nitrogens with one attached hydrogen (secondary N) is 3. The number of benzene rings is 1. The molecule has 126 valence electrons. The molecule has 1 aromatic carbocycles. The van der Waals surface area contributed by atoms with Crippen molar-refractivity contribution in [3.63, 3.8) is 0 Å². The van der Waals surface area contributed by atoms with Crippen LogP contribution in [0.15, 0.2) is 36.5 Å². The topological polar surface area (TPSA) is 73.7 Å². The number of rotatable bonds is 6. The van der Waals surface area contributed by atoms with Gasteiger partial charge in [0.25, 0.3) is 0 Å². The lowest BCUT2D eigenvalue weighted by molar-refractivity contribution is 0.373. The standard InChI is InChI=1S/C19H25N5/c1-21-19-23-13-16(17(20)15-10-6-3-7-11-15)18(24-19)22-12-14-8-4-2-5-9-14/h3,6-7,10-11,13-14,20H,2,4-5,8-9,12H2,1H3,(H2,21,22,23,24). The average Bonchev–Trinajstić information content (AvgIpc) is 2.67. The summed E-state index contributed by atoms with van der Waals surface area (Å²) in [5.41, 5.74) is 2.07. The van der Waals surface area contributed by atoms with Crippen molar-refractivity contribution in [2.45, 2.75) is 32.1 Å². The molecule has 1 heterocycles. The first kappa shape index (κ1) is 16.4. The first-order valence-corrected chi connectivity index (χ1v) is 8.71. The highest BCUT2D eigenvalue weighted by atomic mass is 15.1. The summed E-state index contributed by atoms with van der Waals surface area (Å²) in [7, 11) is 1.81. The number of hydrogen-bond donors (Lipinski definition) is 3. The van der Waals surface area contributed by atoms with Gasteiger partial charge in [0.2, 0.25) is 5.95 Å². The summed E-state index contributed by atoms with van der Waals surface area (Å²) in [5, 5.41) is 15.0. The van der Waals surface area contributed by atoms with Crippen molar-refractivity contribution < 1.29 is 0 Å². The molecule has 0 bridgehead atoms. The monoisotopic (exact) mass is 323 g/mol. The fraction of sp³-hybridized carbons (Fsp3) is 0.421. The minimum atomic E-state index is 0.449. The van der Waals surface area contributed by atoms with Crippen LogP contribution in [0.2, 0.25) is 0 Å². The zero-order chi connectivity index (χ0) is 16.8. The Balaban J connectivity index is 1.81. The first-order valence-electron chi connectivity index (χ1n) is 8.71. The maximum absolute atomic E-state index is 8.52. The highest BCUT2D eigenvalue weighted by Gasteiger charge is 2.17. The summed E-state index contributed by atoms with van der Waals surface area (Å²) in [4.78, 5) is 8.84. The second-order valence-electron chi connectivity index (χ2n) is 6.33. The van der Waals surface area contributed by atoms with Gasteiger partial charge in [-0.15, -0.1) is 0 Å². The Morgan fingerprint density at radius 3 is 2.62 bits per heavy atom. The van der Waals surface area contributed by atoms with Gasteiger partial charge in [0.05, 0.1) is 11.3 Å². The van der Waals surface area contributed by atoms with E-state index >= 15 is 0 Å². The van der Waals surface area contributed by atoms with E-state index in [0.29, 0.717) is 17.6 Å². The zero-order valence-electron chi connectivity index (χ0n) is 14.2. The molecule has 2 aromatic rings. The Bertz CT molecular complexity index is 677. The van der Waals surface area contributed by atoms with Gasteiger partial charge in [-0.05, 0) is 18.8 Å². The van der Waals surface area contributed by atoms with Gasteiger partial charge in [0, 0.05) is 25.4 Å². The Kier molecular flexibility index (Phi) is 5.41. The number of anilines is 2. The van der Waals surface area contributed by atoms with Crippen LogP contribution < -0.4 is 10.6 Å². The molecule has 1 saturated carbocycles. The van der Waals surface area contributed by atoms with Crippen LogP contribution in [0, 0.1) is 11.3 Å². The fourth-order valence-electron chi connectivity index (χ4n) is 3.21. The van der Waals surface area contributed by atoms with Crippen molar-refractivity contribution in [1.82, 2.24) is 9.97 Å². The molecule has 24 heavy (non-hydrogen) atoms. The molecule has 0 saturated heterocycles. The van der Waals surface area contributed by atoms with E-state index in [1.807, 2.05) is 37.4 Å². The van der Waals surface area contributed by atoms with Gasteiger partial charge in [-0.1, -0.05) is 49.6 Å². The molecule has 0 amide bonds. The van der Waals surface area contributed by atoms with Gasteiger partial charge in [0.1, 0.15) is 5.82 Å². The van der Waals surface area contributed by atoms with E-state index in [4.69, 9.17) is 5.41 Å². The van der Waals surface area contributed by atoms with E-state index < -0.39 is 0 Å². The summed E-state index contributed by atoms with van der Waals surface area (Å²) >= 11 is 0. The highest BCUT2D eigenvalue weighted by Crippen LogP contribution is 2.25. The zero-order valence-corrected chi connectivity index (χ0v) is 14.2. The molecule has 1 aliphatic carbocycles. The molecule has 1 fully saturated rings. The molecular weight excluding hydrogens is 298 g/mol. The smallest absolute Gasteiger partial charge is 0.224 e. The van der Waals surface area contributed by atoms with E-state index in [-0.39, 0.29) is 0 Å². The lowest BCUT2D eigenvalue weighted by Crippen LogP contribution is -2.20. The summed E-state index contributed by atoms with van der Waals surface area (Å²) in [6.07, 6.45) is 8.30. The summed E-state index contributed by atoms with van der Waals surface area (Å²) < 4.78 is 0. The normalized spacial score (nSPS) is 15.0. The lowest BCUT2D eigenvalue weighted by atomic mass is 9.89. The molecule has 5 heteroatoms. The van der Waals surface area contributed by atoms with Crippen molar-refractivity contribution in [1.29, 1.82) is 5.41 Å². The van der Waals surface area contributed by atoms with Crippen LogP contribution in [0.1, 0.15) is 43.2 Å². The molecule has 1 aromatic heterocycles. The Labute approximate surface area is 143 Å². The van der Waals surface area contributed by atoms with Crippen molar-refractivity contribution in [2.24, 2.45) is 5.92 Å². The highest BCUT2D eigenvalue weighted by molar-refractivity contribution is 6.13. The molecule has 0 unspecified atom stereocenters. The van der Waals surface area contributed by atoms with E-state index in [1.54, 1.807) is 6.20 Å². The van der Waals surface area contributed by atoms with Crippen LogP contribution >= 0.6 is 0 Å². The molecular formula is C19H25N5. The number of aromatic nitrogens is 2. The van der Waals surface area contributed by atoms with Crippen molar-refractivity contribution in [3.8, 4) is 0 Å². The third-order valence-electron chi connectivity index (χ3n) is 4.63. The minimum Gasteiger partial charge on any atom is -0.369 e. The summed E-state index contributed by atoms with van der Waals surface area (Å²) in [6, 6.07) is 9.74. The summed E-state index contributed by atoms with van der Waals surface area (Å²) in [6.45, 7) is 0.912. The minimum absolute atomic E-state index is 0.449. The van der Waals surface area contributed by atoms with Gasteiger partial charge >= 0.3 is 0 Å². The summed E-state index contributed by atoms with van der Waals surface area (Å²) in [5.74, 6) is 2.02. The molecule has 0 spiro atoms. The predicted molar refractivity (Wildman–Crippen MR) is 99.0 cm³/mol. The van der Waals surface area contributed by atoms with Crippen LogP contribution in [0.5, 0.6) is 0 Å². The van der Waals surface area contributed by atoms with Gasteiger partial charge < -0.3 is 10.6 Å². The maximum Gasteiger partial charge on any atom is 0.224 e. The molecule has 0 atom stereocenters. The van der Waals surface area contributed by atoms with Gasteiger partial charge in [-0.3, -0.25) is 5.41 Å². The van der Waals surface area contributed by atoms with Gasteiger partial charge in [-0.2, -0.15) is 4.98 Å². The molecule has 1 aliphatic rings. The molecule has 5 nitrogen and oxygen atoms in total. The van der Waals surface area contributed by atoms with E-state index in [2.05, 4.69) is 20.6 Å². The van der Waals surface area contributed by atoms with Crippen molar-refractivity contribution in [3.05, 3.63) is 47.7 Å². The van der Waals surface area contributed by atoms with Gasteiger partial charge in [-0.25, -0.2) is 4.98 Å². The first-order chi connectivity index (χ1) is 11.8. The van der Waals surface area contributed by atoms with Crippen molar-refractivity contribution >= 4 is 17.5 Å². The van der Waals surface area contributed by atoms with Crippen LogP contribution in [-0.4, -0.2) is 29.3 Å². The lowest BCUT2D eigenvalue weighted by Gasteiger charge is -2.22. The molecule has 3 N–H and O–H groups in total. The van der Waals surface area contributed by atoms with E-state index in [1.165, 1.54) is 32.1 Å². The van der Waals surface area contributed by atoms with Gasteiger partial charge in [0.15, 0.2) is 0 Å². The van der Waals surface area contributed by atoms with Crippen molar-refractivity contribution in [2.75, 3.05) is 24.2 Å². The van der Waals surface area contributed by atoms with Crippen LogP contribution in [0.4, 0.5) is 11.8 Å². The third-order valence-corrected chi connectivity index (χ3v) is 4.63. The Morgan fingerprint density at radius 1 is 1.17 bits per heavy atom. The van der Waals surface area contributed by atoms with Crippen LogP contribution in [0.3, 0.4) is 0 Å². The molecule has 3 rings (SSSR count). The van der Waals surface area contributed by atoms with E-state index in [0.717, 1.165) is 23.5 Å². The second kappa shape index (κ2) is 7.90. The third kappa shape index (κ3) is 3.91. The van der Waals surface area contributed by atoms with Crippen LogP contribution in [0.25, 0.3) is 0 Å². The predicted octanol–water partition coefficient (Wildman–Crippen LogP) is 3.93. The quantitative estimate of drug-likeness (QED) is 0.704. The molecule has 0 radical (unpaired) electrons. The number of hydrogen-bond acceptors (Lipinski definition) is 5. The largest absolute Gasteiger partial charge is 0.369 e. The van der Waals surface area contributed by atoms with E-state index in [9.17, 15) is 0 Å². The Morgan fingerprint density at radius 2 is 1.92 bits per heavy atom. The fourth-order valence-corrected chi connectivity index (χ4v) is 3.21. The average molecular weight is 323 g/mol. The number of nitrogens with zero attached hydrogens (tertiary/aromatic N) is 2. The second-order valence-corrected chi connectivity index (χ2v) is 6.33. The maximum atomic E-state index is 8.52.